The van der Waals surface area contributed by atoms with Crippen LogP contribution in [-0.2, 0) is 28.6 Å². The van der Waals surface area contributed by atoms with Crippen LogP contribution >= 0.6 is 0 Å². The van der Waals surface area contributed by atoms with Crippen LogP contribution in [-0.4, -0.2) is 37.2 Å². The summed E-state index contributed by atoms with van der Waals surface area (Å²) in [5.41, 5.74) is 0. The molecule has 0 amide bonds. The molecule has 472 valence electrons. The van der Waals surface area contributed by atoms with E-state index in [1.807, 2.05) is 6.08 Å². The molecule has 0 heterocycles. The van der Waals surface area contributed by atoms with Crippen molar-refractivity contribution in [1.29, 1.82) is 0 Å². The van der Waals surface area contributed by atoms with Gasteiger partial charge in [0.1, 0.15) is 13.2 Å². The van der Waals surface area contributed by atoms with Gasteiger partial charge >= 0.3 is 17.9 Å². The Labute approximate surface area is 504 Å². The van der Waals surface area contributed by atoms with E-state index >= 15 is 0 Å². The first kappa shape index (κ1) is 78.1. The van der Waals surface area contributed by atoms with Crippen LogP contribution in [0.2, 0.25) is 0 Å². The second-order valence-electron chi connectivity index (χ2n) is 24.1. The number of unbranched alkanes of at least 4 members (excludes halogenated alkanes) is 45. The Hall–Kier alpha value is -2.89. The summed E-state index contributed by atoms with van der Waals surface area (Å²) < 4.78 is 16.9. The van der Waals surface area contributed by atoms with Gasteiger partial charge in [0.05, 0.1) is 0 Å². The molecule has 0 aliphatic rings. The van der Waals surface area contributed by atoms with Crippen molar-refractivity contribution in [2.45, 2.75) is 386 Å². The van der Waals surface area contributed by atoms with Gasteiger partial charge in [-0.25, -0.2) is 0 Å². The fourth-order valence-electron chi connectivity index (χ4n) is 10.7. The molecular weight excluding hydrogens is 997 g/mol. The summed E-state index contributed by atoms with van der Waals surface area (Å²) >= 11 is 0. The molecule has 0 aromatic heterocycles. The Morgan fingerprint density at radius 2 is 0.506 bits per heavy atom. The first-order valence-corrected chi connectivity index (χ1v) is 35.8. The fourth-order valence-corrected chi connectivity index (χ4v) is 10.7. The van der Waals surface area contributed by atoms with Crippen LogP contribution in [0.15, 0.2) is 60.8 Å². The van der Waals surface area contributed by atoms with Gasteiger partial charge in [0.25, 0.3) is 0 Å². The highest BCUT2D eigenvalue weighted by molar-refractivity contribution is 5.71. The molecule has 0 rings (SSSR count). The molecule has 1 unspecified atom stereocenters. The molecule has 0 aromatic rings. The van der Waals surface area contributed by atoms with Crippen LogP contribution in [0.25, 0.3) is 0 Å². The van der Waals surface area contributed by atoms with Crippen molar-refractivity contribution in [1.82, 2.24) is 0 Å². The lowest BCUT2D eigenvalue weighted by molar-refractivity contribution is -0.166. The van der Waals surface area contributed by atoms with Crippen LogP contribution in [0, 0.1) is 0 Å². The zero-order valence-corrected chi connectivity index (χ0v) is 54.3. The predicted octanol–water partition coefficient (Wildman–Crippen LogP) is 24.7. The maximum atomic E-state index is 12.9. The normalized spacial score (nSPS) is 12.4. The van der Waals surface area contributed by atoms with E-state index in [2.05, 4.69) is 75.5 Å². The molecule has 0 aromatic carbocycles. The number of carbonyl (C=O) groups is 3. The average Bonchev–Trinajstić information content (AvgIpc) is 3.46. The molecule has 81 heavy (non-hydrogen) atoms. The van der Waals surface area contributed by atoms with Crippen LogP contribution in [0.3, 0.4) is 0 Å². The standard InChI is InChI=1S/C75H136O6/c1-4-7-10-13-16-19-22-25-27-28-29-30-31-32-33-34-35-36-37-38-39-40-41-42-43-44-45-46-48-50-53-56-59-62-65-68-74(77)80-71-72(70-79-73(76)67-64-61-58-55-52-49-24-21-18-15-12-9-6-3)81-75(78)69-66-63-60-57-54-51-47-26-23-20-17-14-11-8-5-2/h9,12,18,21,26,47,49,52,58,61,72H,4-8,10-11,13-17,19-20,22-25,27-46,48,50-51,53-57,59-60,62-71H2,1-3H3/b12-9-,21-18-,47-26-,52-49-,61-58-. The summed E-state index contributed by atoms with van der Waals surface area (Å²) in [5.74, 6) is -0.972. The van der Waals surface area contributed by atoms with E-state index in [9.17, 15) is 14.4 Å². The molecule has 0 fully saturated rings. The molecule has 0 aliphatic heterocycles. The Morgan fingerprint density at radius 3 is 0.827 bits per heavy atom. The average molecular weight is 1130 g/mol. The largest absolute Gasteiger partial charge is 0.462 e. The van der Waals surface area contributed by atoms with E-state index in [1.54, 1.807) is 0 Å². The van der Waals surface area contributed by atoms with E-state index in [1.165, 1.54) is 257 Å². The van der Waals surface area contributed by atoms with Gasteiger partial charge in [0.2, 0.25) is 0 Å². The predicted molar refractivity (Wildman–Crippen MR) is 353 cm³/mol. The summed E-state index contributed by atoms with van der Waals surface area (Å²) in [4.78, 5) is 38.2. The summed E-state index contributed by atoms with van der Waals surface area (Å²) in [7, 11) is 0. The molecule has 0 radical (unpaired) electrons. The van der Waals surface area contributed by atoms with Crippen LogP contribution < -0.4 is 0 Å². The van der Waals surface area contributed by atoms with Gasteiger partial charge in [0, 0.05) is 19.3 Å². The number of ether oxygens (including phenoxy) is 3. The maximum Gasteiger partial charge on any atom is 0.306 e. The Kier molecular flexibility index (Phi) is 67.1. The molecule has 0 N–H and O–H groups in total. The van der Waals surface area contributed by atoms with Crippen molar-refractivity contribution in [3.63, 3.8) is 0 Å². The lowest BCUT2D eigenvalue weighted by Gasteiger charge is -2.18. The highest BCUT2D eigenvalue weighted by Gasteiger charge is 2.19. The second kappa shape index (κ2) is 69.6. The SMILES string of the molecule is CC/C=C\C/C=C\C/C=C\C/C=C\CCC(=O)OCC(COC(=O)CCCCCCCCCCCCCCCCCCCCCCCCCCCCCCCCCCCCC)OC(=O)CCCCCCC/C=C\CCCCCCCC. The summed E-state index contributed by atoms with van der Waals surface area (Å²) in [5, 5.41) is 0. The van der Waals surface area contributed by atoms with Crippen molar-refractivity contribution >= 4 is 17.9 Å². The zero-order chi connectivity index (χ0) is 58.5. The van der Waals surface area contributed by atoms with Crippen molar-refractivity contribution in [3.05, 3.63) is 60.8 Å². The van der Waals surface area contributed by atoms with Gasteiger partial charge in [-0.15, -0.1) is 0 Å². The van der Waals surface area contributed by atoms with E-state index in [0.29, 0.717) is 19.3 Å². The third kappa shape index (κ3) is 67.8. The van der Waals surface area contributed by atoms with Crippen LogP contribution in [0.4, 0.5) is 0 Å². The second-order valence-corrected chi connectivity index (χ2v) is 24.1. The molecule has 0 saturated heterocycles. The number of rotatable bonds is 66. The molecule has 1 atom stereocenters. The molecule has 0 bridgehead atoms. The van der Waals surface area contributed by atoms with Gasteiger partial charge in [-0.2, -0.15) is 0 Å². The first-order chi connectivity index (χ1) is 40.0. The minimum Gasteiger partial charge on any atom is -0.462 e. The molecule has 0 saturated carbocycles. The lowest BCUT2D eigenvalue weighted by atomic mass is 10.0. The van der Waals surface area contributed by atoms with Crippen molar-refractivity contribution in [2.24, 2.45) is 0 Å². The van der Waals surface area contributed by atoms with Gasteiger partial charge in [0.15, 0.2) is 6.10 Å². The molecular formula is C75H136O6. The van der Waals surface area contributed by atoms with Gasteiger partial charge < -0.3 is 14.2 Å². The fraction of sp³-hybridized carbons (Fsp3) is 0.827. The highest BCUT2D eigenvalue weighted by Crippen LogP contribution is 2.19. The Bertz CT molecular complexity index is 1440. The number of esters is 3. The topological polar surface area (TPSA) is 78.9 Å². The minimum absolute atomic E-state index is 0.0964. The van der Waals surface area contributed by atoms with E-state index in [-0.39, 0.29) is 37.5 Å². The Morgan fingerprint density at radius 1 is 0.259 bits per heavy atom. The molecule has 6 heteroatoms. The molecule has 0 spiro atoms. The van der Waals surface area contributed by atoms with Crippen molar-refractivity contribution in [3.8, 4) is 0 Å². The maximum absolute atomic E-state index is 12.9. The van der Waals surface area contributed by atoms with Gasteiger partial charge in [-0.1, -0.05) is 351 Å². The van der Waals surface area contributed by atoms with Crippen LogP contribution in [0.1, 0.15) is 380 Å². The molecule has 0 aliphatic carbocycles. The number of hydrogen-bond donors (Lipinski definition) is 0. The highest BCUT2D eigenvalue weighted by atomic mass is 16.6. The minimum atomic E-state index is -0.807. The molecule has 6 nitrogen and oxygen atoms in total. The number of carbonyl (C=O) groups excluding carboxylic acids is 3. The smallest absolute Gasteiger partial charge is 0.306 e. The first-order valence-electron chi connectivity index (χ1n) is 35.8. The Balaban J connectivity index is 4.07. The van der Waals surface area contributed by atoms with E-state index < -0.39 is 6.10 Å². The third-order valence-electron chi connectivity index (χ3n) is 16.0. The zero-order valence-electron chi connectivity index (χ0n) is 54.3. The monoisotopic (exact) mass is 1130 g/mol. The van der Waals surface area contributed by atoms with E-state index in [4.69, 9.17) is 14.2 Å². The lowest BCUT2D eigenvalue weighted by Crippen LogP contribution is -2.30. The third-order valence-corrected chi connectivity index (χ3v) is 16.0. The van der Waals surface area contributed by atoms with E-state index in [0.717, 1.165) is 77.0 Å². The summed E-state index contributed by atoms with van der Waals surface area (Å²) in [6, 6.07) is 0. The van der Waals surface area contributed by atoms with Gasteiger partial charge in [-0.05, 0) is 70.6 Å². The van der Waals surface area contributed by atoms with Crippen molar-refractivity contribution < 1.29 is 28.6 Å². The summed E-state index contributed by atoms with van der Waals surface area (Å²) in [6.07, 6.45) is 90.2. The number of allylic oxidation sites excluding steroid dienone is 10. The quantitative estimate of drug-likeness (QED) is 0.0261. The van der Waals surface area contributed by atoms with Gasteiger partial charge in [-0.3, -0.25) is 14.4 Å². The summed E-state index contributed by atoms with van der Waals surface area (Å²) in [6.45, 7) is 6.50. The van der Waals surface area contributed by atoms with Crippen LogP contribution in [0.5, 0.6) is 0 Å². The van der Waals surface area contributed by atoms with Crippen molar-refractivity contribution in [2.75, 3.05) is 13.2 Å². The number of hydrogen-bond acceptors (Lipinski definition) is 6.